The number of thiocarbonyl (C=S) groups is 1. The van der Waals surface area contributed by atoms with Crippen LogP contribution in [0, 0.1) is 6.92 Å². The van der Waals surface area contributed by atoms with Crippen LogP contribution in [-0.2, 0) is 4.79 Å². The minimum atomic E-state index is -0.0315. The van der Waals surface area contributed by atoms with Crippen molar-refractivity contribution in [3.63, 3.8) is 0 Å². The molecule has 1 aliphatic heterocycles. The number of amides is 1. The van der Waals surface area contributed by atoms with E-state index in [9.17, 15) is 4.79 Å². The van der Waals surface area contributed by atoms with Gasteiger partial charge in [0.25, 0.3) is 5.91 Å². The molecule has 2 fully saturated rings. The maximum absolute atomic E-state index is 12.5. The molecule has 0 spiro atoms. The Kier molecular flexibility index (Phi) is 3.61. The van der Waals surface area contributed by atoms with Crippen molar-refractivity contribution in [3.05, 3.63) is 29.4 Å². The number of furan rings is 1. The van der Waals surface area contributed by atoms with Gasteiger partial charge in [-0.2, -0.15) is 0 Å². The highest BCUT2D eigenvalue weighted by molar-refractivity contribution is 7.80. The summed E-state index contributed by atoms with van der Waals surface area (Å²) in [6, 6.07) is 3.98. The topological polar surface area (TPSA) is 45.5 Å². The van der Waals surface area contributed by atoms with Gasteiger partial charge >= 0.3 is 0 Å². The van der Waals surface area contributed by atoms with Crippen LogP contribution in [0.15, 0.2) is 22.2 Å². The Balaban J connectivity index is 1.81. The van der Waals surface area contributed by atoms with Gasteiger partial charge in [0.05, 0.1) is 0 Å². The Labute approximate surface area is 123 Å². The zero-order valence-electron chi connectivity index (χ0n) is 11.5. The van der Waals surface area contributed by atoms with E-state index >= 15 is 0 Å². The molecule has 1 aliphatic carbocycles. The lowest BCUT2D eigenvalue weighted by Gasteiger charge is -2.29. The summed E-state index contributed by atoms with van der Waals surface area (Å²) in [5, 5.41) is 3.54. The van der Waals surface area contributed by atoms with E-state index < -0.39 is 0 Å². The predicted molar refractivity (Wildman–Crippen MR) is 80.9 cm³/mol. The second-order valence-electron chi connectivity index (χ2n) is 5.40. The van der Waals surface area contributed by atoms with Crippen molar-refractivity contribution >= 4 is 29.3 Å². The fourth-order valence-electron chi connectivity index (χ4n) is 2.89. The van der Waals surface area contributed by atoms with Gasteiger partial charge in [0.1, 0.15) is 17.2 Å². The Hall–Kier alpha value is -1.62. The maximum atomic E-state index is 12.5. The number of nitrogens with zero attached hydrogens (tertiary/aromatic N) is 1. The SMILES string of the molecule is Cc1ccc(/C=C2\NC(=S)N(C3CCCCC3)C2=O)o1. The third-order valence-electron chi connectivity index (χ3n) is 3.90. The summed E-state index contributed by atoms with van der Waals surface area (Å²) in [4.78, 5) is 14.2. The van der Waals surface area contributed by atoms with E-state index in [1.807, 2.05) is 19.1 Å². The van der Waals surface area contributed by atoms with Gasteiger partial charge in [-0.1, -0.05) is 19.3 Å². The summed E-state index contributed by atoms with van der Waals surface area (Å²) in [5.74, 6) is 1.47. The van der Waals surface area contributed by atoms with Gasteiger partial charge in [-0.3, -0.25) is 9.69 Å². The van der Waals surface area contributed by atoms with Crippen molar-refractivity contribution in [1.82, 2.24) is 10.2 Å². The van der Waals surface area contributed by atoms with Gasteiger partial charge in [0.2, 0.25) is 0 Å². The molecule has 0 radical (unpaired) electrons. The number of carbonyl (C=O) groups excluding carboxylic acids is 1. The van der Waals surface area contributed by atoms with E-state index in [4.69, 9.17) is 16.6 Å². The lowest BCUT2D eigenvalue weighted by molar-refractivity contribution is -0.124. The minimum Gasteiger partial charge on any atom is -0.462 e. The van der Waals surface area contributed by atoms with Crippen LogP contribution in [0.1, 0.15) is 43.6 Å². The van der Waals surface area contributed by atoms with Crippen LogP contribution in [0.5, 0.6) is 0 Å². The fourth-order valence-corrected chi connectivity index (χ4v) is 3.23. The molecule has 0 bridgehead atoms. The molecule has 1 amide bonds. The third-order valence-corrected chi connectivity index (χ3v) is 4.20. The van der Waals surface area contributed by atoms with Crippen molar-refractivity contribution in [1.29, 1.82) is 0 Å². The zero-order valence-corrected chi connectivity index (χ0v) is 12.3. The lowest BCUT2D eigenvalue weighted by atomic mass is 9.94. The molecule has 4 nitrogen and oxygen atoms in total. The van der Waals surface area contributed by atoms with Crippen LogP contribution in [-0.4, -0.2) is 22.0 Å². The van der Waals surface area contributed by atoms with Crippen molar-refractivity contribution in [2.75, 3.05) is 0 Å². The Bertz CT molecular complexity index is 570. The highest BCUT2D eigenvalue weighted by Gasteiger charge is 2.36. The molecule has 106 valence electrons. The number of carbonyl (C=O) groups is 1. The first-order valence-electron chi connectivity index (χ1n) is 7.08. The first-order chi connectivity index (χ1) is 9.65. The number of rotatable bonds is 2. The smallest absolute Gasteiger partial charge is 0.276 e. The molecule has 0 aromatic carbocycles. The number of nitrogens with one attached hydrogen (secondary N) is 1. The summed E-state index contributed by atoms with van der Waals surface area (Å²) in [6.45, 7) is 1.88. The normalized spacial score (nSPS) is 22.6. The molecule has 1 N–H and O–H groups in total. The van der Waals surface area contributed by atoms with Crippen LogP contribution < -0.4 is 5.32 Å². The van der Waals surface area contributed by atoms with Crippen molar-refractivity contribution < 1.29 is 9.21 Å². The van der Waals surface area contributed by atoms with Crippen LogP contribution in [0.4, 0.5) is 0 Å². The average Bonchev–Trinajstić information content (AvgIpc) is 2.96. The first-order valence-corrected chi connectivity index (χ1v) is 7.48. The molecule has 1 saturated carbocycles. The standard InChI is InChI=1S/C15H18N2O2S/c1-10-7-8-12(19-10)9-13-14(18)17(15(20)16-13)11-5-3-2-4-6-11/h7-9,11H,2-6H2,1H3,(H,16,20)/b13-9-. The van der Waals surface area contributed by atoms with E-state index in [-0.39, 0.29) is 11.9 Å². The van der Waals surface area contributed by atoms with Crippen LogP contribution in [0.25, 0.3) is 6.08 Å². The predicted octanol–water partition coefficient (Wildman–Crippen LogP) is 2.98. The van der Waals surface area contributed by atoms with Gasteiger partial charge < -0.3 is 9.73 Å². The molecule has 0 unspecified atom stereocenters. The number of hydrogen-bond donors (Lipinski definition) is 1. The third kappa shape index (κ3) is 2.50. The second-order valence-corrected chi connectivity index (χ2v) is 5.79. The summed E-state index contributed by atoms with van der Waals surface area (Å²) in [5.41, 5.74) is 0.509. The molecule has 2 heterocycles. The van der Waals surface area contributed by atoms with Crippen LogP contribution in [0.3, 0.4) is 0 Å². The fraction of sp³-hybridized carbons (Fsp3) is 0.467. The maximum Gasteiger partial charge on any atom is 0.276 e. The van der Waals surface area contributed by atoms with Crippen molar-refractivity contribution in [3.8, 4) is 0 Å². The Morgan fingerprint density at radius 3 is 2.75 bits per heavy atom. The monoisotopic (exact) mass is 290 g/mol. The lowest BCUT2D eigenvalue weighted by Crippen LogP contribution is -2.41. The van der Waals surface area contributed by atoms with Gasteiger partial charge in [-0.15, -0.1) is 0 Å². The van der Waals surface area contributed by atoms with Gasteiger partial charge in [-0.25, -0.2) is 0 Å². The van der Waals surface area contributed by atoms with Gasteiger partial charge in [0, 0.05) is 12.1 Å². The number of aryl methyl sites for hydroxylation is 1. The first kappa shape index (κ1) is 13.4. The van der Waals surface area contributed by atoms with Crippen molar-refractivity contribution in [2.45, 2.75) is 45.1 Å². The molecule has 1 aromatic rings. The molecule has 3 rings (SSSR count). The second kappa shape index (κ2) is 5.40. The number of hydrogen-bond acceptors (Lipinski definition) is 3. The largest absolute Gasteiger partial charge is 0.462 e. The molecule has 0 atom stereocenters. The molecule has 1 aromatic heterocycles. The van der Waals surface area contributed by atoms with Crippen molar-refractivity contribution in [2.24, 2.45) is 0 Å². The molecular formula is C15H18N2O2S. The van der Waals surface area contributed by atoms with E-state index in [0.717, 1.165) is 18.6 Å². The molecule has 2 aliphatic rings. The highest BCUT2D eigenvalue weighted by Crippen LogP contribution is 2.27. The Morgan fingerprint density at radius 2 is 2.10 bits per heavy atom. The van der Waals surface area contributed by atoms with E-state index in [0.29, 0.717) is 16.6 Å². The molecule has 1 saturated heterocycles. The van der Waals surface area contributed by atoms with E-state index in [2.05, 4.69) is 5.32 Å². The van der Waals surface area contributed by atoms with E-state index in [1.54, 1.807) is 11.0 Å². The average molecular weight is 290 g/mol. The quantitative estimate of drug-likeness (QED) is 0.672. The summed E-state index contributed by atoms with van der Waals surface area (Å²) in [6.07, 6.45) is 7.42. The van der Waals surface area contributed by atoms with Gasteiger partial charge in [0.15, 0.2) is 5.11 Å². The van der Waals surface area contributed by atoms with Crippen LogP contribution >= 0.6 is 12.2 Å². The summed E-state index contributed by atoms with van der Waals surface area (Å²) in [7, 11) is 0. The zero-order chi connectivity index (χ0) is 14.1. The van der Waals surface area contributed by atoms with E-state index in [1.165, 1.54) is 19.3 Å². The molecule has 20 heavy (non-hydrogen) atoms. The van der Waals surface area contributed by atoms with Crippen LogP contribution in [0.2, 0.25) is 0 Å². The summed E-state index contributed by atoms with van der Waals surface area (Å²) < 4.78 is 5.48. The summed E-state index contributed by atoms with van der Waals surface area (Å²) >= 11 is 5.32. The minimum absolute atomic E-state index is 0.0315. The van der Waals surface area contributed by atoms with Gasteiger partial charge in [-0.05, 0) is 44.1 Å². The molecular weight excluding hydrogens is 272 g/mol. The molecule has 5 heteroatoms. The Morgan fingerprint density at radius 1 is 1.35 bits per heavy atom. The highest BCUT2D eigenvalue weighted by atomic mass is 32.1.